The third kappa shape index (κ3) is 3.49. The van der Waals surface area contributed by atoms with Gasteiger partial charge in [0.05, 0.1) is 27.5 Å². The molecule has 1 fully saturated rings. The largest absolute Gasteiger partial charge is 0.367 e. The van der Waals surface area contributed by atoms with Gasteiger partial charge in [-0.25, -0.2) is 4.90 Å². The normalized spacial score (nSPS) is 16.4. The van der Waals surface area contributed by atoms with Gasteiger partial charge in [0.1, 0.15) is 0 Å². The van der Waals surface area contributed by atoms with Crippen LogP contribution in [0.3, 0.4) is 0 Å². The highest BCUT2D eigenvalue weighted by Crippen LogP contribution is 2.34. The van der Waals surface area contributed by atoms with E-state index in [9.17, 15) is 14.4 Å². The van der Waals surface area contributed by atoms with Crippen LogP contribution in [0.1, 0.15) is 40.5 Å². The molecule has 2 aliphatic heterocycles. The van der Waals surface area contributed by atoms with Crippen LogP contribution in [0.5, 0.6) is 0 Å². The molecule has 0 aromatic heterocycles. The summed E-state index contributed by atoms with van der Waals surface area (Å²) in [6.07, 6.45) is 1.43. The lowest BCUT2D eigenvalue weighted by atomic mass is 10.1. The van der Waals surface area contributed by atoms with Crippen LogP contribution < -0.4 is 9.80 Å². The first kappa shape index (κ1) is 19.5. The second kappa shape index (κ2) is 7.87. The highest BCUT2D eigenvalue weighted by molar-refractivity contribution is 6.36. The highest BCUT2D eigenvalue weighted by Gasteiger charge is 2.36. The summed E-state index contributed by atoms with van der Waals surface area (Å²) in [7, 11) is 0. The Kier molecular flexibility index (Phi) is 5.28. The van der Waals surface area contributed by atoms with E-state index in [4.69, 9.17) is 11.6 Å². The summed E-state index contributed by atoms with van der Waals surface area (Å²) in [5.41, 5.74) is 2.12. The standard InChI is InChI=1S/C22H22ClN3O3/c1-2-5-20(27)25-12-10-24(11-13-25)19-9-8-15(14-18(19)23)26-21(28)16-6-3-4-7-17(16)22(26)29/h3-4,6-9,14H,2,5,10-13H2,1H3. The van der Waals surface area contributed by atoms with Crippen molar-refractivity contribution in [3.05, 3.63) is 58.6 Å². The Balaban J connectivity index is 1.51. The first-order valence-corrected chi connectivity index (χ1v) is 10.2. The SMILES string of the molecule is CCCC(=O)N1CCN(c2ccc(N3C(=O)c4ccccc4C3=O)cc2Cl)CC1. The summed E-state index contributed by atoms with van der Waals surface area (Å²) in [4.78, 5) is 42.6. The molecule has 2 aromatic carbocycles. The lowest BCUT2D eigenvalue weighted by Gasteiger charge is -2.36. The summed E-state index contributed by atoms with van der Waals surface area (Å²) in [5, 5.41) is 0.479. The number of benzene rings is 2. The molecule has 2 aromatic rings. The van der Waals surface area contributed by atoms with Gasteiger partial charge in [0.15, 0.2) is 0 Å². The maximum Gasteiger partial charge on any atom is 0.266 e. The Bertz CT molecular complexity index is 948. The Morgan fingerprint density at radius 2 is 1.59 bits per heavy atom. The molecule has 0 saturated carbocycles. The number of hydrogen-bond donors (Lipinski definition) is 0. The average Bonchev–Trinajstić information content (AvgIpc) is 2.99. The van der Waals surface area contributed by atoms with Crippen LogP contribution >= 0.6 is 11.6 Å². The predicted molar refractivity (Wildman–Crippen MR) is 113 cm³/mol. The summed E-state index contributed by atoms with van der Waals surface area (Å²) in [5.74, 6) is -0.478. The van der Waals surface area contributed by atoms with E-state index in [0.29, 0.717) is 54.4 Å². The van der Waals surface area contributed by atoms with E-state index in [2.05, 4.69) is 4.90 Å². The minimum Gasteiger partial charge on any atom is -0.367 e. The molecule has 0 atom stereocenters. The van der Waals surface area contributed by atoms with Gasteiger partial charge in [-0.05, 0) is 36.8 Å². The molecule has 150 valence electrons. The van der Waals surface area contributed by atoms with E-state index in [1.54, 1.807) is 36.4 Å². The van der Waals surface area contributed by atoms with E-state index in [1.165, 1.54) is 4.90 Å². The van der Waals surface area contributed by atoms with Crippen molar-refractivity contribution in [3.63, 3.8) is 0 Å². The van der Waals surface area contributed by atoms with Gasteiger partial charge in [0, 0.05) is 32.6 Å². The number of anilines is 2. The number of imide groups is 1. The average molecular weight is 412 g/mol. The van der Waals surface area contributed by atoms with Gasteiger partial charge in [-0.2, -0.15) is 0 Å². The number of carbonyl (C=O) groups excluding carboxylic acids is 3. The Morgan fingerprint density at radius 3 is 2.14 bits per heavy atom. The molecule has 0 radical (unpaired) electrons. The Labute approximate surface area is 174 Å². The lowest BCUT2D eigenvalue weighted by molar-refractivity contribution is -0.131. The quantitative estimate of drug-likeness (QED) is 0.721. The predicted octanol–water partition coefficient (Wildman–Crippen LogP) is 3.59. The zero-order chi connectivity index (χ0) is 20.5. The number of rotatable bonds is 4. The molecule has 3 amide bonds. The van der Waals surface area contributed by atoms with Crippen LogP contribution in [0.25, 0.3) is 0 Å². The second-order valence-electron chi connectivity index (χ2n) is 7.24. The molecule has 2 heterocycles. The smallest absolute Gasteiger partial charge is 0.266 e. The van der Waals surface area contributed by atoms with E-state index in [0.717, 1.165) is 12.1 Å². The first-order chi connectivity index (χ1) is 14.0. The van der Waals surface area contributed by atoms with Gasteiger partial charge in [-0.15, -0.1) is 0 Å². The van der Waals surface area contributed by atoms with Crippen molar-refractivity contribution in [1.29, 1.82) is 0 Å². The maximum atomic E-state index is 12.7. The third-order valence-electron chi connectivity index (χ3n) is 5.42. The minimum absolute atomic E-state index is 0.194. The molecule has 0 spiro atoms. The van der Waals surface area contributed by atoms with Crippen molar-refractivity contribution in [1.82, 2.24) is 4.90 Å². The molecule has 29 heavy (non-hydrogen) atoms. The van der Waals surface area contributed by atoms with Crippen LogP contribution in [0.4, 0.5) is 11.4 Å². The van der Waals surface area contributed by atoms with Gasteiger partial charge >= 0.3 is 0 Å². The fourth-order valence-corrected chi connectivity index (χ4v) is 4.18. The van der Waals surface area contributed by atoms with Gasteiger partial charge in [0.25, 0.3) is 11.8 Å². The molecule has 2 aliphatic rings. The van der Waals surface area contributed by atoms with Gasteiger partial charge in [-0.1, -0.05) is 30.7 Å². The van der Waals surface area contributed by atoms with E-state index >= 15 is 0 Å². The zero-order valence-corrected chi connectivity index (χ0v) is 17.0. The maximum absolute atomic E-state index is 12.7. The number of nitrogens with zero attached hydrogens (tertiary/aromatic N) is 3. The van der Waals surface area contributed by atoms with Crippen molar-refractivity contribution in [3.8, 4) is 0 Å². The van der Waals surface area contributed by atoms with Gasteiger partial charge in [0.2, 0.25) is 5.91 Å². The fraction of sp³-hybridized carbons (Fsp3) is 0.318. The number of amides is 3. The number of halogens is 1. The molecule has 0 N–H and O–H groups in total. The van der Waals surface area contributed by atoms with Gasteiger partial charge < -0.3 is 9.80 Å². The summed E-state index contributed by atoms with van der Waals surface area (Å²) < 4.78 is 0. The van der Waals surface area contributed by atoms with Crippen molar-refractivity contribution in [2.75, 3.05) is 36.0 Å². The van der Waals surface area contributed by atoms with Crippen LogP contribution in [0.2, 0.25) is 5.02 Å². The first-order valence-electron chi connectivity index (χ1n) is 9.81. The number of hydrogen-bond acceptors (Lipinski definition) is 4. The van der Waals surface area contributed by atoms with E-state index in [-0.39, 0.29) is 17.7 Å². The molecular weight excluding hydrogens is 390 g/mol. The number of carbonyl (C=O) groups is 3. The summed E-state index contributed by atoms with van der Waals surface area (Å²) in [6.45, 7) is 4.72. The van der Waals surface area contributed by atoms with Crippen LogP contribution in [0.15, 0.2) is 42.5 Å². The molecule has 6 nitrogen and oxygen atoms in total. The monoisotopic (exact) mass is 411 g/mol. The number of fused-ring (bicyclic) bond motifs is 1. The number of piperazine rings is 1. The van der Waals surface area contributed by atoms with E-state index < -0.39 is 0 Å². The van der Waals surface area contributed by atoms with Crippen LogP contribution in [-0.2, 0) is 4.79 Å². The molecular formula is C22H22ClN3O3. The van der Waals surface area contributed by atoms with Crippen LogP contribution in [0, 0.1) is 0 Å². The molecule has 0 aliphatic carbocycles. The summed E-state index contributed by atoms with van der Waals surface area (Å²) in [6, 6.07) is 12.0. The minimum atomic E-state index is -0.336. The lowest BCUT2D eigenvalue weighted by Crippen LogP contribution is -2.48. The van der Waals surface area contributed by atoms with Crippen molar-refractivity contribution in [2.45, 2.75) is 19.8 Å². The highest BCUT2D eigenvalue weighted by atomic mass is 35.5. The second-order valence-corrected chi connectivity index (χ2v) is 7.65. The molecule has 0 unspecified atom stereocenters. The Hall–Kier alpha value is -2.86. The summed E-state index contributed by atoms with van der Waals surface area (Å²) >= 11 is 6.53. The van der Waals surface area contributed by atoms with Crippen molar-refractivity contribution >= 4 is 40.7 Å². The van der Waals surface area contributed by atoms with Crippen molar-refractivity contribution < 1.29 is 14.4 Å². The van der Waals surface area contributed by atoms with E-state index in [1.807, 2.05) is 17.9 Å². The topological polar surface area (TPSA) is 60.9 Å². The fourth-order valence-electron chi connectivity index (χ4n) is 3.88. The zero-order valence-electron chi connectivity index (χ0n) is 16.2. The Morgan fingerprint density at radius 1 is 0.966 bits per heavy atom. The van der Waals surface area contributed by atoms with Crippen molar-refractivity contribution in [2.24, 2.45) is 0 Å². The molecule has 7 heteroatoms. The third-order valence-corrected chi connectivity index (χ3v) is 5.72. The molecule has 4 rings (SSSR count). The van der Waals surface area contributed by atoms with Crippen LogP contribution in [-0.4, -0.2) is 48.8 Å². The molecule has 0 bridgehead atoms. The van der Waals surface area contributed by atoms with Gasteiger partial charge in [-0.3, -0.25) is 14.4 Å². The molecule has 1 saturated heterocycles.